The van der Waals surface area contributed by atoms with Crippen LogP contribution >= 0.6 is 0 Å². The Morgan fingerprint density at radius 1 is 1.40 bits per heavy atom. The Morgan fingerprint density at radius 3 is 2.60 bits per heavy atom. The SMILES string of the molecule is O=C(O)N1CCC(CS(=O)O)CC1c1ccc(F)cc1. The van der Waals surface area contributed by atoms with Crippen LogP contribution in [0.3, 0.4) is 0 Å². The van der Waals surface area contributed by atoms with E-state index in [0.717, 1.165) is 0 Å². The van der Waals surface area contributed by atoms with Crippen molar-refractivity contribution >= 4 is 17.2 Å². The molecule has 1 saturated heterocycles. The summed E-state index contributed by atoms with van der Waals surface area (Å²) in [5.41, 5.74) is 0.710. The van der Waals surface area contributed by atoms with Gasteiger partial charge in [-0.3, -0.25) is 0 Å². The number of halogens is 1. The number of benzene rings is 1. The molecule has 1 heterocycles. The molecular formula is C13H16FNO4S. The molecule has 20 heavy (non-hydrogen) atoms. The number of nitrogens with zero attached hydrogens (tertiary/aromatic N) is 1. The van der Waals surface area contributed by atoms with Crippen molar-refractivity contribution in [1.29, 1.82) is 0 Å². The van der Waals surface area contributed by atoms with Crippen molar-refractivity contribution < 1.29 is 23.1 Å². The summed E-state index contributed by atoms with van der Waals surface area (Å²) in [5.74, 6) is -0.239. The van der Waals surface area contributed by atoms with Crippen molar-refractivity contribution in [3.63, 3.8) is 0 Å². The molecule has 110 valence electrons. The molecule has 1 aliphatic rings. The molecule has 0 aromatic heterocycles. The van der Waals surface area contributed by atoms with Crippen LogP contribution in [0.2, 0.25) is 0 Å². The first kappa shape index (κ1) is 14.9. The van der Waals surface area contributed by atoms with Gasteiger partial charge in [0, 0.05) is 6.54 Å². The van der Waals surface area contributed by atoms with E-state index < -0.39 is 23.2 Å². The Labute approximate surface area is 118 Å². The van der Waals surface area contributed by atoms with Crippen molar-refractivity contribution in [1.82, 2.24) is 4.90 Å². The van der Waals surface area contributed by atoms with Gasteiger partial charge in [-0.15, -0.1) is 0 Å². The van der Waals surface area contributed by atoms with E-state index in [0.29, 0.717) is 24.9 Å². The van der Waals surface area contributed by atoms with Crippen molar-refractivity contribution in [2.24, 2.45) is 5.92 Å². The van der Waals surface area contributed by atoms with Crippen LogP contribution in [0.4, 0.5) is 9.18 Å². The van der Waals surface area contributed by atoms with E-state index in [9.17, 15) is 18.5 Å². The average Bonchev–Trinajstić information content (AvgIpc) is 2.38. The maximum Gasteiger partial charge on any atom is 0.407 e. The van der Waals surface area contributed by atoms with Crippen molar-refractivity contribution in [3.8, 4) is 0 Å². The Morgan fingerprint density at radius 2 is 2.05 bits per heavy atom. The second-order valence-corrected chi connectivity index (χ2v) is 5.90. The van der Waals surface area contributed by atoms with E-state index in [4.69, 9.17) is 4.55 Å². The summed E-state index contributed by atoms with van der Waals surface area (Å²) >= 11 is -1.89. The highest BCUT2D eigenvalue weighted by molar-refractivity contribution is 7.79. The molecule has 0 radical (unpaired) electrons. The number of rotatable bonds is 3. The fourth-order valence-electron chi connectivity index (χ4n) is 2.62. The number of piperidine rings is 1. The second-order valence-electron chi connectivity index (χ2n) is 4.92. The van der Waals surface area contributed by atoms with Gasteiger partial charge in [0.1, 0.15) is 5.82 Å². The summed E-state index contributed by atoms with van der Waals surface area (Å²) in [7, 11) is 0. The minimum absolute atomic E-state index is 0.00788. The van der Waals surface area contributed by atoms with E-state index in [1.54, 1.807) is 12.1 Å². The van der Waals surface area contributed by atoms with Crippen LogP contribution in [0.25, 0.3) is 0 Å². The first-order chi connectivity index (χ1) is 9.47. The number of hydrogen-bond acceptors (Lipinski definition) is 2. The third kappa shape index (κ3) is 3.55. The maximum atomic E-state index is 13.0. The van der Waals surface area contributed by atoms with Crippen LogP contribution in [0.1, 0.15) is 24.4 Å². The van der Waals surface area contributed by atoms with Gasteiger partial charge in [-0.25, -0.2) is 13.4 Å². The average molecular weight is 301 g/mol. The lowest BCUT2D eigenvalue weighted by Gasteiger charge is -2.37. The normalized spacial score (nSPS) is 24.4. The topological polar surface area (TPSA) is 77.8 Å². The van der Waals surface area contributed by atoms with Gasteiger partial charge in [0.2, 0.25) is 0 Å². The first-order valence-corrected chi connectivity index (χ1v) is 7.57. The predicted molar refractivity (Wildman–Crippen MR) is 72.2 cm³/mol. The zero-order valence-electron chi connectivity index (χ0n) is 10.7. The minimum atomic E-state index is -1.89. The highest BCUT2D eigenvalue weighted by atomic mass is 32.2. The zero-order chi connectivity index (χ0) is 14.7. The molecule has 0 aliphatic carbocycles. The molecule has 0 saturated carbocycles. The number of hydrogen-bond donors (Lipinski definition) is 2. The lowest BCUT2D eigenvalue weighted by molar-refractivity contribution is 0.0931. The van der Waals surface area contributed by atoms with Crippen LogP contribution in [0.5, 0.6) is 0 Å². The summed E-state index contributed by atoms with van der Waals surface area (Å²) in [6.45, 7) is 0.319. The van der Waals surface area contributed by atoms with E-state index in [1.807, 2.05) is 0 Å². The van der Waals surface area contributed by atoms with Crippen molar-refractivity contribution in [2.75, 3.05) is 12.3 Å². The standard InChI is InChI=1S/C13H16FNO4S/c14-11-3-1-10(2-4-11)12-7-9(8-20(18)19)5-6-15(12)13(16)17/h1-4,9,12H,5-8H2,(H,16,17)(H,18,19). The number of amides is 1. The van der Waals surface area contributed by atoms with Gasteiger partial charge in [-0.05, 0) is 36.5 Å². The Balaban J connectivity index is 2.20. The zero-order valence-corrected chi connectivity index (χ0v) is 11.6. The summed E-state index contributed by atoms with van der Waals surface area (Å²) in [6.07, 6.45) is 0.0171. The monoisotopic (exact) mass is 301 g/mol. The van der Waals surface area contributed by atoms with Gasteiger partial charge < -0.3 is 14.6 Å². The van der Waals surface area contributed by atoms with E-state index in [1.165, 1.54) is 17.0 Å². The quantitative estimate of drug-likeness (QED) is 0.841. The molecule has 1 fully saturated rings. The lowest BCUT2D eigenvalue weighted by Crippen LogP contribution is -2.41. The van der Waals surface area contributed by atoms with Crippen molar-refractivity contribution in [3.05, 3.63) is 35.6 Å². The highest BCUT2D eigenvalue weighted by Gasteiger charge is 2.33. The summed E-state index contributed by atoms with van der Waals surface area (Å²) < 4.78 is 32.8. The molecule has 1 amide bonds. The molecule has 1 aliphatic heterocycles. The van der Waals surface area contributed by atoms with Crippen LogP contribution in [-0.2, 0) is 11.1 Å². The Bertz CT molecular complexity index is 508. The molecule has 3 unspecified atom stereocenters. The first-order valence-electron chi connectivity index (χ1n) is 6.30. The van der Waals surface area contributed by atoms with Gasteiger partial charge in [-0.1, -0.05) is 12.1 Å². The molecule has 2 N–H and O–H groups in total. The van der Waals surface area contributed by atoms with Crippen molar-refractivity contribution in [2.45, 2.75) is 18.9 Å². The predicted octanol–water partition coefficient (Wildman–Crippen LogP) is 2.48. The smallest absolute Gasteiger partial charge is 0.407 e. The minimum Gasteiger partial charge on any atom is -0.465 e. The van der Waals surface area contributed by atoms with E-state index in [2.05, 4.69) is 0 Å². The van der Waals surface area contributed by atoms with Gasteiger partial charge in [0.25, 0.3) is 0 Å². The molecule has 3 atom stereocenters. The van der Waals surface area contributed by atoms with Gasteiger partial charge in [-0.2, -0.15) is 0 Å². The van der Waals surface area contributed by atoms with E-state index in [-0.39, 0.29) is 17.5 Å². The molecule has 5 nitrogen and oxygen atoms in total. The number of likely N-dealkylation sites (tertiary alicyclic amines) is 1. The lowest BCUT2D eigenvalue weighted by atomic mass is 9.88. The molecule has 7 heteroatoms. The molecule has 0 bridgehead atoms. The largest absolute Gasteiger partial charge is 0.465 e. The molecular weight excluding hydrogens is 285 g/mol. The number of carboxylic acid groups (broad SMARTS) is 1. The fourth-order valence-corrected chi connectivity index (χ4v) is 3.33. The fraction of sp³-hybridized carbons (Fsp3) is 0.462. The second kappa shape index (κ2) is 6.32. The summed E-state index contributed by atoms with van der Waals surface area (Å²) in [4.78, 5) is 12.6. The third-order valence-electron chi connectivity index (χ3n) is 3.59. The van der Waals surface area contributed by atoms with Crippen LogP contribution < -0.4 is 0 Å². The summed E-state index contributed by atoms with van der Waals surface area (Å²) in [5, 5.41) is 9.24. The van der Waals surface area contributed by atoms with Gasteiger partial charge in [0.15, 0.2) is 11.1 Å². The van der Waals surface area contributed by atoms with Crippen LogP contribution in [-0.4, -0.2) is 37.2 Å². The molecule has 1 aromatic carbocycles. The van der Waals surface area contributed by atoms with Crippen LogP contribution in [0, 0.1) is 11.7 Å². The number of carbonyl (C=O) groups is 1. The Hall–Kier alpha value is -1.47. The Kier molecular flexibility index (Phi) is 4.72. The molecule has 0 spiro atoms. The van der Waals surface area contributed by atoms with Gasteiger partial charge >= 0.3 is 6.09 Å². The third-order valence-corrected chi connectivity index (χ3v) is 4.35. The maximum absolute atomic E-state index is 13.0. The summed E-state index contributed by atoms with van der Waals surface area (Å²) in [6, 6.07) is 5.32. The molecule has 2 rings (SSSR count). The van der Waals surface area contributed by atoms with Crippen LogP contribution in [0.15, 0.2) is 24.3 Å². The van der Waals surface area contributed by atoms with Gasteiger partial charge in [0.05, 0.1) is 11.8 Å². The highest BCUT2D eigenvalue weighted by Crippen LogP contribution is 2.34. The molecule has 1 aromatic rings. The van der Waals surface area contributed by atoms with E-state index >= 15 is 0 Å².